The number of benzene rings is 2. The number of fused-ring (bicyclic) bond motifs is 2. The zero-order valence-electron chi connectivity index (χ0n) is 18.5. The van der Waals surface area contributed by atoms with Crippen LogP contribution >= 0.6 is 0 Å². The van der Waals surface area contributed by atoms with Gasteiger partial charge in [0.25, 0.3) is 0 Å². The topological polar surface area (TPSA) is 43.9 Å². The Morgan fingerprint density at radius 3 is 2.45 bits per heavy atom. The van der Waals surface area contributed by atoms with Crippen LogP contribution in [0.2, 0.25) is 0 Å². The van der Waals surface area contributed by atoms with Crippen LogP contribution < -0.4 is 4.90 Å². The molecule has 5 nitrogen and oxygen atoms in total. The maximum absolute atomic E-state index is 14.0. The van der Waals surface area contributed by atoms with E-state index in [1.54, 1.807) is 37.0 Å². The summed E-state index contributed by atoms with van der Waals surface area (Å²) in [5.41, 5.74) is 2.12. The van der Waals surface area contributed by atoms with Crippen LogP contribution in [0.15, 0.2) is 48.5 Å². The van der Waals surface area contributed by atoms with Crippen LogP contribution in [-0.4, -0.2) is 62.4 Å². The number of likely N-dealkylation sites (tertiary alicyclic amines) is 1. The fourth-order valence-corrected chi connectivity index (χ4v) is 5.14. The van der Waals surface area contributed by atoms with Crippen LogP contribution in [0.3, 0.4) is 0 Å². The molecule has 2 heterocycles. The first kappa shape index (κ1) is 21.5. The molecule has 2 aliphatic rings. The van der Waals surface area contributed by atoms with E-state index in [0.717, 1.165) is 16.8 Å². The molecule has 2 aromatic carbocycles. The molecule has 0 bridgehead atoms. The van der Waals surface area contributed by atoms with Crippen LogP contribution in [0, 0.1) is 11.7 Å². The van der Waals surface area contributed by atoms with E-state index >= 15 is 0 Å². The number of hydrogen-bond acceptors (Lipinski definition) is 3. The van der Waals surface area contributed by atoms with Gasteiger partial charge in [-0.2, -0.15) is 0 Å². The van der Waals surface area contributed by atoms with Crippen LogP contribution in [0.4, 0.5) is 10.1 Å². The van der Waals surface area contributed by atoms with Gasteiger partial charge < -0.3 is 14.7 Å². The van der Waals surface area contributed by atoms with Crippen molar-refractivity contribution in [3.05, 3.63) is 65.5 Å². The monoisotopic (exact) mass is 423 g/mol. The summed E-state index contributed by atoms with van der Waals surface area (Å²) in [6.45, 7) is 2.07. The van der Waals surface area contributed by atoms with Crippen LogP contribution in [0.1, 0.15) is 24.0 Å². The molecule has 0 radical (unpaired) electrons. The third kappa shape index (κ3) is 3.97. The van der Waals surface area contributed by atoms with E-state index in [4.69, 9.17) is 0 Å². The molecule has 1 spiro atoms. The Labute approximate surface area is 183 Å². The lowest BCUT2D eigenvalue weighted by atomic mass is 9.73. The molecule has 0 aliphatic carbocycles. The highest BCUT2D eigenvalue weighted by molar-refractivity contribution is 6.07. The van der Waals surface area contributed by atoms with E-state index in [2.05, 4.69) is 17.0 Å². The second-order valence-electron chi connectivity index (χ2n) is 9.03. The summed E-state index contributed by atoms with van der Waals surface area (Å²) >= 11 is 0. The normalized spacial score (nSPS) is 18.8. The van der Waals surface area contributed by atoms with Crippen molar-refractivity contribution < 1.29 is 14.0 Å². The SMILES string of the molecule is CN(C)C(=O)C(Cc1ccccc1)CN1CCC2(CC1)C(=O)N(C)c1ccc(F)cc12. The molecule has 2 amide bonds. The highest BCUT2D eigenvalue weighted by Gasteiger charge is 2.51. The van der Waals surface area contributed by atoms with Crippen molar-refractivity contribution >= 4 is 17.5 Å². The zero-order valence-corrected chi connectivity index (χ0v) is 18.5. The van der Waals surface area contributed by atoms with Gasteiger partial charge in [0, 0.05) is 33.4 Å². The van der Waals surface area contributed by atoms with Crippen LogP contribution in [-0.2, 0) is 21.4 Å². The Hall–Kier alpha value is -2.73. The summed E-state index contributed by atoms with van der Waals surface area (Å²) in [6, 6.07) is 14.7. The smallest absolute Gasteiger partial charge is 0.237 e. The lowest BCUT2D eigenvalue weighted by Gasteiger charge is -2.39. The molecule has 1 fully saturated rings. The van der Waals surface area contributed by atoms with Gasteiger partial charge in [-0.3, -0.25) is 9.59 Å². The molecule has 1 unspecified atom stereocenters. The molecular weight excluding hydrogens is 393 g/mol. The maximum atomic E-state index is 14.0. The second-order valence-corrected chi connectivity index (χ2v) is 9.03. The van der Waals surface area contributed by atoms with Gasteiger partial charge in [-0.05, 0) is 61.7 Å². The van der Waals surface area contributed by atoms with Crippen molar-refractivity contribution in [1.29, 1.82) is 0 Å². The number of carbonyl (C=O) groups excluding carboxylic acids is 2. The van der Waals surface area contributed by atoms with Gasteiger partial charge in [0.2, 0.25) is 11.8 Å². The van der Waals surface area contributed by atoms with Crippen molar-refractivity contribution in [1.82, 2.24) is 9.80 Å². The van der Waals surface area contributed by atoms with Crippen LogP contribution in [0.5, 0.6) is 0 Å². The lowest BCUT2D eigenvalue weighted by Crippen LogP contribution is -2.50. The Morgan fingerprint density at radius 1 is 1.13 bits per heavy atom. The summed E-state index contributed by atoms with van der Waals surface area (Å²) in [5, 5.41) is 0. The Bertz CT molecular complexity index is 968. The van der Waals surface area contributed by atoms with Crippen molar-refractivity contribution in [2.24, 2.45) is 5.92 Å². The van der Waals surface area contributed by atoms with Gasteiger partial charge in [0.1, 0.15) is 5.82 Å². The van der Waals surface area contributed by atoms with Gasteiger partial charge >= 0.3 is 0 Å². The molecular formula is C25H30FN3O2. The fraction of sp³-hybridized carbons (Fsp3) is 0.440. The van der Waals surface area contributed by atoms with E-state index in [9.17, 15) is 14.0 Å². The molecule has 0 aromatic heterocycles. The second kappa shape index (κ2) is 8.42. The molecule has 0 N–H and O–H groups in total. The number of hydrogen-bond donors (Lipinski definition) is 0. The van der Waals surface area contributed by atoms with Gasteiger partial charge in [-0.1, -0.05) is 30.3 Å². The minimum Gasteiger partial charge on any atom is -0.349 e. The Balaban J connectivity index is 1.49. The first-order valence-electron chi connectivity index (χ1n) is 10.9. The average molecular weight is 424 g/mol. The third-order valence-electron chi connectivity index (χ3n) is 6.85. The van der Waals surface area contributed by atoms with Gasteiger partial charge in [-0.15, -0.1) is 0 Å². The summed E-state index contributed by atoms with van der Waals surface area (Å²) < 4.78 is 14.0. The number of anilines is 1. The maximum Gasteiger partial charge on any atom is 0.237 e. The van der Waals surface area contributed by atoms with Crippen molar-refractivity contribution in [3.63, 3.8) is 0 Å². The minimum absolute atomic E-state index is 0.0537. The molecule has 6 heteroatoms. The van der Waals surface area contributed by atoms with Crippen molar-refractivity contribution in [3.8, 4) is 0 Å². The Morgan fingerprint density at radius 2 is 1.81 bits per heavy atom. The third-order valence-corrected chi connectivity index (χ3v) is 6.85. The standard InChI is InChI=1S/C25H30FN3O2/c1-27(2)23(30)19(15-18-7-5-4-6-8-18)17-29-13-11-25(12-14-29)21-16-20(26)9-10-22(21)28(3)24(25)31/h4-10,16,19H,11-15,17H2,1-3H3. The fourth-order valence-electron chi connectivity index (χ4n) is 5.14. The number of halogens is 1. The number of amides is 2. The zero-order chi connectivity index (χ0) is 22.2. The first-order chi connectivity index (χ1) is 14.8. The molecule has 31 heavy (non-hydrogen) atoms. The molecule has 1 saturated heterocycles. The Kier molecular flexibility index (Phi) is 5.84. The number of nitrogens with zero attached hydrogens (tertiary/aromatic N) is 3. The predicted molar refractivity (Wildman–Crippen MR) is 119 cm³/mol. The van der Waals surface area contributed by atoms with Gasteiger partial charge in [0.15, 0.2) is 0 Å². The molecule has 4 rings (SSSR count). The average Bonchev–Trinajstić information content (AvgIpc) is 2.96. The van der Waals surface area contributed by atoms with Gasteiger partial charge in [0.05, 0.1) is 11.3 Å². The number of rotatable bonds is 5. The highest BCUT2D eigenvalue weighted by Crippen LogP contribution is 2.47. The van der Waals surface area contributed by atoms with Gasteiger partial charge in [-0.25, -0.2) is 4.39 Å². The number of piperidine rings is 1. The quantitative estimate of drug-likeness (QED) is 0.742. The van der Waals surface area contributed by atoms with E-state index in [1.165, 1.54) is 12.1 Å². The molecule has 164 valence electrons. The summed E-state index contributed by atoms with van der Waals surface area (Å²) in [5.74, 6) is -0.271. The van der Waals surface area contributed by atoms with Crippen molar-refractivity contribution in [2.75, 3.05) is 45.7 Å². The molecule has 0 saturated carbocycles. The first-order valence-corrected chi connectivity index (χ1v) is 10.9. The molecule has 2 aliphatic heterocycles. The molecule has 2 aromatic rings. The largest absolute Gasteiger partial charge is 0.349 e. The molecule has 1 atom stereocenters. The minimum atomic E-state index is -0.650. The van der Waals surface area contributed by atoms with E-state index < -0.39 is 5.41 Å². The summed E-state index contributed by atoms with van der Waals surface area (Å²) in [4.78, 5) is 31.6. The lowest BCUT2D eigenvalue weighted by molar-refractivity contribution is -0.134. The van der Waals surface area contributed by atoms with Crippen molar-refractivity contribution in [2.45, 2.75) is 24.7 Å². The van der Waals surface area contributed by atoms with E-state index in [0.29, 0.717) is 38.9 Å². The predicted octanol–water partition coefficient (Wildman–Crippen LogP) is 3.08. The van der Waals surface area contributed by atoms with Crippen LogP contribution in [0.25, 0.3) is 0 Å². The van der Waals surface area contributed by atoms with E-state index in [-0.39, 0.29) is 23.5 Å². The highest BCUT2D eigenvalue weighted by atomic mass is 19.1. The number of carbonyl (C=O) groups is 2. The summed E-state index contributed by atoms with van der Waals surface area (Å²) in [6.07, 6.45) is 1.97. The number of likely N-dealkylation sites (N-methyl/N-ethyl adjacent to an activating group) is 1. The summed E-state index contributed by atoms with van der Waals surface area (Å²) in [7, 11) is 5.36. The van der Waals surface area contributed by atoms with E-state index in [1.807, 2.05) is 18.2 Å².